The zero-order chi connectivity index (χ0) is 16.8. The number of nitrogens with zero attached hydrogens (tertiary/aromatic N) is 1. The van der Waals surface area contributed by atoms with Crippen molar-refractivity contribution in [2.75, 3.05) is 6.61 Å². The summed E-state index contributed by atoms with van der Waals surface area (Å²) < 4.78 is 23.6. The summed E-state index contributed by atoms with van der Waals surface area (Å²) in [5.41, 5.74) is -1.11. The van der Waals surface area contributed by atoms with Gasteiger partial charge in [-0.2, -0.15) is 0 Å². The molecular formula is C14H18N2O7. The van der Waals surface area contributed by atoms with Crippen LogP contribution in [0.15, 0.2) is 21.9 Å². The lowest BCUT2D eigenvalue weighted by molar-refractivity contribution is -0.202. The second-order valence-corrected chi connectivity index (χ2v) is 5.95. The lowest BCUT2D eigenvalue weighted by Gasteiger charge is -2.24. The Morgan fingerprint density at radius 2 is 2.04 bits per heavy atom. The average molecular weight is 326 g/mol. The maximum atomic E-state index is 12.0. The summed E-state index contributed by atoms with van der Waals surface area (Å²) in [6, 6.07) is 1.22. The second kappa shape index (κ2) is 5.59. The van der Waals surface area contributed by atoms with Crippen LogP contribution >= 0.6 is 0 Å². The number of rotatable bonds is 3. The van der Waals surface area contributed by atoms with Crippen molar-refractivity contribution in [3.05, 3.63) is 33.1 Å². The van der Waals surface area contributed by atoms with Gasteiger partial charge in [-0.25, -0.2) is 4.79 Å². The highest BCUT2D eigenvalue weighted by Gasteiger charge is 2.56. The number of carbonyl (C=O) groups excluding carboxylic acids is 1. The molecule has 0 bridgehead atoms. The van der Waals surface area contributed by atoms with Crippen LogP contribution in [0.1, 0.15) is 27.0 Å². The topological polar surface area (TPSA) is 109 Å². The molecule has 0 aromatic carbocycles. The Kier molecular flexibility index (Phi) is 3.86. The fourth-order valence-electron chi connectivity index (χ4n) is 2.84. The molecule has 0 unspecified atom stereocenters. The van der Waals surface area contributed by atoms with Crippen molar-refractivity contribution >= 4 is 5.97 Å². The van der Waals surface area contributed by atoms with E-state index < -0.39 is 47.5 Å². The summed E-state index contributed by atoms with van der Waals surface area (Å²) in [6.07, 6.45) is -1.07. The normalized spacial score (nSPS) is 31.8. The highest BCUT2D eigenvalue weighted by atomic mass is 16.8. The molecule has 4 atom stereocenters. The van der Waals surface area contributed by atoms with E-state index in [4.69, 9.17) is 18.9 Å². The molecule has 0 spiro atoms. The van der Waals surface area contributed by atoms with Crippen LogP contribution in [0, 0.1) is 0 Å². The molecule has 1 N–H and O–H groups in total. The first-order chi connectivity index (χ1) is 10.8. The molecular weight excluding hydrogens is 308 g/mol. The first kappa shape index (κ1) is 15.9. The predicted octanol–water partition coefficient (Wildman–Crippen LogP) is -0.483. The summed E-state index contributed by atoms with van der Waals surface area (Å²) in [5, 5.41) is 0. The van der Waals surface area contributed by atoms with Crippen LogP contribution in [-0.4, -0.2) is 46.2 Å². The first-order valence-electron chi connectivity index (χ1n) is 7.23. The van der Waals surface area contributed by atoms with Crippen molar-refractivity contribution in [3.8, 4) is 0 Å². The summed E-state index contributed by atoms with van der Waals surface area (Å²) in [4.78, 5) is 36.4. The number of aromatic nitrogens is 2. The summed E-state index contributed by atoms with van der Waals surface area (Å²) in [5.74, 6) is -1.29. The van der Waals surface area contributed by atoms with E-state index >= 15 is 0 Å². The minimum Gasteiger partial charge on any atom is -0.463 e. The molecule has 1 aromatic rings. The Morgan fingerprint density at radius 1 is 1.35 bits per heavy atom. The number of nitrogens with one attached hydrogen (secondary N) is 1. The largest absolute Gasteiger partial charge is 0.463 e. The maximum absolute atomic E-state index is 12.0. The van der Waals surface area contributed by atoms with Gasteiger partial charge in [0, 0.05) is 19.2 Å². The van der Waals surface area contributed by atoms with Crippen LogP contribution in [0.5, 0.6) is 0 Å². The van der Waals surface area contributed by atoms with Gasteiger partial charge in [-0.1, -0.05) is 0 Å². The Morgan fingerprint density at radius 3 is 2.70 bits per heavy atom. The number of esters is 1. The van der Waals surface area contributed by atoms with Gasteiger partial charge in [0.25, 0.3) is 5.56 Å². The molecule has 2 fully saturated rings. The Hall–Kier alpha value is -1.97. The van der Waals surface area contributed by atoms with E-state index in [1.165, 1.54) is 23.8 Å². The highest BCUT2D eigenvalue weighted by Crippen LogP contribution is 2.42. The SMILES string of the molecule is CC(=O)OC[C@H]1O[C@@H](n2ccc(=O)[nH]c2=O)[C@@H]2OC(C)(C)O[C@@H]21. The molecule has 0 radical (unpaired) electrons. The molecule has 126 valence electrons. The van der Waals surface area contributed by atoms with E-state index in [-0.39, 0.29) is 6.61 Å². The zero-order valence-corrected chi connectivity index (χ0v) is 13.0. The third kappa shape index (κ3) is 3.07. The Labute approximate surface area is 131 Å². The van der Waals surface area contributed by atoms with Crippen molar-refractivity contribution < 1.29 is 23.7 Å². The summed E-state index contributed by atoms with van der Waals surface area (Å²) in [7, 11) is 0. The molecule has 0 saturated carbocycles. The molecule has 0 aliphatic carbocycles. The first-order valence-corrected chi connectivity index (χ1v) is 7.23. The van der Waals surface area contributed by atoms with Crippen molar-refractivity contribution in [1.29, 1.82) is 0 Å². The van der Waals surface area contributed by atoms with E-state index in [2.05, 4.69) is 4.98 Å². The minimum atomic E-state index is -0.850. The Bertz CT molecular complexity index is 722. The average Bonchev–Trinajstić information content (AvgIpc) is 2.90. The van der Waals surface area contributed by atoms with Gasteiger partial charge in [0.2, 0.25) is 0 Å². The van der Waals surface area contributed by atoms with E-state index in [9.17, 15) is 14.4 Å². The lowest BCUT2D eigenvalue weighted by atomic mass is 10.1. The molecule has 2 aliphatic rings. The zero-order valence-electron chi connectivity index (χ0n) is 13.0. The van der Waals surface area contributed by atoms with Crippen LogP contribution in [0.4, 0.5) is 0 Å². The molecule has 0 amide bonds. The molecule has 2 saturated heterocycles. The summed E-state index contributed by atoms with van der Waals surface area (Å²) in [6.45, 7) is 4.79. The van der Waals surface area contributed by atoms with Gasteiger partial charge in [-0.3, -0.25) is 19.1 Å². The number of aromatic amines is 1. The number of hydrogen-bond donors (Lipinski definition) is 1. The van der Waals surface area contributed by atoms with E-state index in [0.29, 0.717) is 0 Å². The lowest BCUT2D eigenvalue weighted by Crippen LogP contribution is -2.37. The van der Waals surface area contributed by atoms with Crippen molar-refractivity contribution in [3.63, 3.8) is 0 Å². The number of ether oxygens (including phenoxy) is 4. The fourth-order valence-corrected chi connectivity index (χ4v) is 2.84. The highest BCUT2D eigenvalue weighted by molar-refractivity contribution is 5.65. The summed E-state index contributed by atoms with van der Waals surface area (Å²) >= 11 is 0. The molecule has 3 rings (SSSR count). The van der Waals surface area contributed by atoms with E-state index in [0.717, 1.165) is 0 Å². The van der Waals surface area contributed by atoms with E-state index in [1.54, 1.807) is 13.8 Å². The van der Waals surface area contributed by atoms with E-state index in [1.807, 2.05) is 0 Å². The standard InChI is InChI=1S/C14H18N2O7/c1-7(17)20-6-8-10-11(23-14(2,3)22-10)12(21-8)16-5-4-9(18)15-13(16)19/h4-5,8,10-12H,6H2,1-3H3,(H,15,18,19)/t8-,10-,11-,12-/m1/s1. The van der Waals surface area contributed by atoms with Gasteiger partial charge >= 0.3 is 11.7 Å². The molecule has 3 heterocycles. The molecule has 9 nitrogen and oxygen atoms in total. The Balaban J connectivity index is 1.90. The molecule has 9 heteroatoms. The van der Waals surface area contributed by atoms with Gasteiger partial charge in [-0.15, -0.1) is 0 Å². The molecule has 23 heavy (non-hydrogen) atoms. The van der Waals surface area contributed by atoms with Crippen molar-refractivity contribution in [2.45, 2.75) is 51.1 Å². The van der Waals surface area contributed by atoms with Crippen molar-refractivity contribution in [1.82, 2.24) is 9.55 Å². The minimum absolute atomic E-state index is 0.00938. The van der Waals surface area contributed by atoms with Gasteiger partial charge < -0.3 is 18.9 Å². The van der Waals surface area contributed by atoms with Crippen LogP contribution in [-0.2, 0) is 23.7 Å². The van der Waals surface area contributed by atoms with Gasteiger partial charge in [0.15, 0.2) is 12.0 Å². The van der Waals surface area contributed by atoms with Crippen LogP contribution < -0.4 is 11.2 Å². The smallest absolute Gasteiger partial charge is 0.330 e. The number of fused-ring (bicyclic) bond motifs is 1. The second-order valence-electron chi connectivity index (χ2n) is 5.95. The van der Waals surface area contributed by atoms with Gasteiger partial charge in [-0.05, 0) is 13.8 Å². The predicted molar refractivity (Wildman–Crippen MR) is 75.7 cm³/mol. The quantitative estimate of drug-likeness (QED) is 0.747. The van der Waals surface area contributed by atoms with Crippen LogP contribution in [0.3, 0.4) is 0 Å². The number of hydrogen-bond acceptors (Lipinski definition) is 7. The maximum Gasteiger partial charge on any atom is 0.330 e. The van der Waals surface area contributed by atoms with Crippen LogP contribution in [0.25, 0.3) is 0 Å². The third-order valence-electron chi connectivity index (χ3n) is 3.70. The monoisotopic (exact) mass is 326 g/mol. The number of carbonyl (C=O) groups is 1. The fraction of sp³-hybridized carbons (Fsp3) is 0.643. The van der Waals surface area contributed by atoms with Crippen LogP contribution in [0.2, 0.25) is 0 Å². The molecule has 1 aromatic heterocycles. The third-order valence-corrected chi connectivity index (χ3v) is 3.70. The number of H-pyrrole nitrogens is 1. The van der Waals surface area contributed by atoms with Gasteiger partial charge in [0.05, 0.1) is 0 Å². The van der Waals surface area contributed by atoms with Crippen molar-refractivity contribution in [2.24, 2.45) is 0 Å². The molecule has 2 aliphatic heterocycles. The van der Waals surface area contributed by atoms with Gasteiger partial charge in [0.1, 0.15) is 24.9 Å².